The first-order chi connectivity index (χ1) is 8.06. The Morgan fingerprint density at radius 1 is 1.22 bits per heavy atom. The molecule has 0 unspecified atom stereocenters. The van der Waals surface area contributed by atoms with E-state index in [1.165, 1.54) is 4.90 Å². The van der Waals surface area contributed by atoms with Crippen molar-refractivity contribution in [2.45, 2.75) is 32.6 Å². The molecule has 5 nitrogen and oxygen atoms in total. The maximum absolute atomic E-state index is 10.5. The average molecular weight is 281 g/mol. The molecule has 1 N–H and O–H groups in total. The molecule has 18 heavy (non-hydrogen) atoms. The van der Waals surface area contributed by atoms with E-state index < -0.39 is 11.9 Å². The molecule has 0 amide bonds. The molecule has 0 aromatic heterocycles. The summed E-state index contributed by atoms with van der Waals surface area (Å²) >= 11 is 0. The van der Waals surface area contributed by atoms with E-state index in [4.69, 9.17) is 5.11 Å². The third-order valence-electron chi connectivity index (χ3n) is 2.21. The quantitative estimate of drug-likeness (QED) is 0.267. The fourth-order valence-corrected chi connectivity index (χ4v) is 1.40. The van der Waals surface area contributed by atoms with Crippen LogP contribution in [0.5, 0.6) is 0 Å². The van der Waals surface area contributed by atoms with Gasteiger partial charge in [0.15, 0.2) is 0 Å². The minimum Gasteiger partial charge on any atom is -0.549 e. The summed E-state index contributed by atoms with van der Waals surface area (Å²) in [6.07, 6.45) is 7.94. The van der Waals surface area contributed by atoms with Crippen molar-refractivity contribution >= 4 is 11.9 Å². The molecule has 0 aromatic rings. The summed E-state index contributed by atoms with van der Waals surface area (Å²) in [7, 11) is 0. The number of nitrogens with zero attached hydrogens (tertiary/aromatic N) is 1. The Bertz CT molecular complexity index is 253. The van der Waals surface area contributed by atoms with Gasteiger partial charge in [0.2, 0.25) is 0 Å². The van der Waals surface area contributed by atoms with Crippen LogP contribution in [0.3, 0.4) is 0 Å². The van der Waals surface area contributed by atoms with Crippen molar-refractivity contribution in [3.63, 3.8) is 0 Å². The molecule has 0 aliphatic heterocycles. The first-order valence-electron chi connectivity index (χ1n) is 5.85. The van der Waals surface area contributed by atoms with Gasteiger partial charge < -0.3 is 15.0 Å². The smallest absolute Gasteiger partial charge is 0.549 e. The second-order valence-corrected chi connectivity index (χ2v) is 3.88. The molecule has 0 aromatic carbocycles. The maximum Gasteiger partial charge on any atom is 1.00 e. The van der Waals surface area contributed by atoms with Gasteiger partial charge in [-0.05, 0) is 12.8 Å². The molecule has 0 heterocycles. The standard InChI is InChI=1S/C12H21NO4.K/c1-2-3-4-5-6-7-8-13(9-11(14)15)10-12(16)17;/h5-6H,2-4,7-10H2,1H3,(H,14,15)(H,16,17);/q;+1/p-1/b6-5+;. The molecule has 0 bridgehead atoms. The summed E-state index contributed by atoms with van der Waals surface area (Å²) < 4.78 is 0. The summed E-state index contributed by atoms with van der Waals surface area (Å²) in [5.41, 5.74) is 0. The number of allylic oxidation sites excluding steroid dienone is 1. The zero-order valence-corrected chi connectivity index (χ0v) is 14.3. The summed E-state index contributed by atoms with van der Waals surface area (Å²) in [4.78, 5) is 22.2. The molecule has 98 valence electrons. The number of carboxylic acid groups (broad SMARTS) is 2. The second-order valence-electron chi connectivity index (χ2n) is 3.88. The van der Waals surface area contributed by atoms with Gasteiger partial charge >= 0.3 is 57.4 Å². The monoisotopic (exact) mass is 281 g/mol. The molecule has 0 fully saturated rings. The van der Waals surface area contributed by atoms with Crippen molar-refractivity contribution in [2.24, 2.45) is 0 Å². The molecule has 0 radical (unpaired) electrons. The Balaban J connectivity index is 0. The molecule has 0 rings (SSSR count). The van der Waals surface area contributed by atoms with Crippen LogP contribution in [0, 0.1) is 0 Å². The molecule has 0 saturated heterocycles. The predicted octanol–water partition coefficient (Wildman–Crippen LogP) is -2.74. The van der Waals surface area contributed by atoms with Crippen LogP contribution >= 0.6 is 0 Å². The summed E-state index contributed by atoms with van der Waals surface area (Å²) in [5, 5.41) is 19.0. The normalized spacial score (nSPS) is 10.6. The van der Waals surface area contributed by atoms with Crippen LogP contribution in [0.2, 0.25) is 0 Å². The summed E-state index contributed by atoms with van der Waals surface area (Å²) in [6.45, 7) is 1.93. The Morgan fingerprint density at radius 2 is 1.83 bits per heavy atom. The minimum absolute atomic E-state index is 0. The van der Waals surface area contributed by atoms with E-state index in [2.05, 4.69) is 6.92 Å². The van der Waals surface area contributed by atoms with Crippen molar-refractivity contribution in [2.75, 3.05) is 19.6 Å². The fourth-order valence-electron chi connectivity index (χ4n) is 1.40. The zero-order valence-electron chi connectivity index (χ0n) is 11.2. The van der Waals surface area contributed by atoms with Crippen molar-refractivity contribution in [3.8, 4) is 0 Å². The van der Waals surface area contributed by atoms with Gasteiger partial charge in [-0.2, -0.15) is 0 Å². The van der Waals surface area contributed by atoms with E-state index in [1.54, 1.807) is 0 Å². The predicted molar refractivity (Wildman–Crippen MR) is 62.4 cm³/mol. The second kappa shape index (κ2) is 13.7. The van der Waals surface area contributed by atoms with Crippen LogP contribution in [-0.4, -0.2) is 41.6 Å². The maximum atomic E-state index is 10.5. The van der Waals surface area contributed by atoms with Crippen LogP contribution in [0.25, 0.3) is 0 Å². The van der Waals surface area contributed by atoms with E-state index in [0.717, 1.165) is 19.3 Å². The van der Waals surface area contributed by atoms with Crippen molar-refractivity contribution < 1.29 is 71.2 Å². The van der Waals surface area contributed by atoms with Crippen LogP contribution < -0.4 is 56.5 Å². The number of carbonyl (C=O) groups is 2. The van der Waals surface area contributed by atoms with Gasteiger partial charge in [0.25, 0.3) is 0 Å². The Morgan fingerprint density at radius 3 is 2.33 bits per heavy atom. The summed E-state index contributed by atoms with van der Waals surface area (Å²) in [6, 6.07) is 0. The van der Waals surface area contributed by atoms with Crippen LogP contribution in [0.15, 0.2) is 12.2 Å². The number of hydrogen-bond donors (Lipinski definition) is 1. The molecule has 0 spiro atoms. The molecule has 0 saturated carbocycles. The summed E-state index contributed by atoms with van der Waals surface area (Å²) in [5.74, 6) is -2.28. The number of hydrogen-bond acceptors (Lipinski definition) is 4. The molecule has 6 heteroatoms. The van der Waals surface area contributed by atoms with Gasteiger partial charge in [-0.3, -0.25) is 9.69 Å². The van der Waals surface area contributed by atoms with Crippen molar-refractivity contribution in [1.29, 1.82) is 0 Å². The molecular weight excluding hydrogens is 261 g/mol. The number of carbonyl (C=O) groups excluding carboxylic acids is 1. The number of unbranched alkanes of at least 4 members (excludes halogenated alkanes) is 2. The van der Waals surface area contributed by atoms with Gasteiger partial charge in [-0.1, -0.05) is 31.9 Å². The Kier molecular flexibility index (Phi) is 15.7. The van der Waals surface area contributed by atoms with E-state index >= 15 is 0 Å². The molecule has 0 aliphatic rings. The van der Waals surface area contributed by atoms with E-state index in [0.29, 0.717) is 13.0 Å². The van der Waals surface area contributed by atoms with Gasteiger partial charge in [-0.25, -0.2) is 0 Å². The zero-order chi connectivity index (χ0) is 13.1. The first-order valence-corrected chi connectivity index (χ1v) is 5.85. The van der Waals surface area contributed by atoms with Crippen molar-refractivity contribution in [3.05, 3.63) is 12.2 Å². The number of aliphatic carboxylic acids is 2. The topological polar surface area (TPSA) is 80.7 Å². The number of rotatable bonds is 10. The Labute approximate surface area is 151 Å². The van der Waals surface area contributed by atoms with E-state index in [9.17, 15) is 14.7 Å². The van der Waals surface area contributed by atoms with Gasteiger partial charge in [0.05, 0.1) is 12.5 Å². The molecular formula is C12H20KNO4. The third-order valence-corrected chi connectivity index (χ3v) is 2.21. The van der Waals surface area contributed by atoms with Crippen molar-refractivity contribution in [1.82, 2.24) is 4.90 Å². The minimum atomic E-state index is -1.25. The Hall–Kier alpha value is 0.276. The van der Waals surface area contributed by atoms with Gasteiger partial charge in [0.1, 0.15) is 0 Å². The fraction of sp³-hybridized carbons (Fsp3) is 0.667. The van der Waals surface area contributed by atoms with E-state index in [1.807, 2.05) is 12.2 Å². The first kappa shape index (κ1) is 20.6. The van der Waals surface area contributed by atoms with Crippen LogP contribution in [-0.2, 0) is 9.59 Å². The van der Waals surface area contributed by atoms with Gasteiger partial charge in [0, 0.05) is 13.1 Å². The SMILES string of the molecule is CCCC/C=C/CCN(CC(=O)[O-])CC(=O)O.[K+]. The molecule has 0 aliphatic carbocycles. The van der Waals surface area contributed by atoms with E-state index in [-0.39, 0.29) is 64.5 Å². The van der Waals surface area contributed by atoms with Gasteiger partial charge in [-0.15, -0.1) is 0 Å². The largest absolute Gasteiger partial charge is 1.00 e. The molecule has 0 atom stereocenters. The van der Waals surface area contributed by atoms with Crippen LogP contribution in [0.4, 0.5) is 0 Å². The number of carboxylic acids is 2. The third kappa shape index (κ3) is 14.3. The van der Waals surface area contributed by atoms with Crippen LogP contribution in [0.1, 0.15) is 32.6 Å². The average Bonchev–Trinajstić information content (AvgIpc) is 2.21.